The number of hydrogen-bond acceptors (Lipinski definition) is 7. The molecular formula is C13H17N3O3S2. The zero-order chi connectivity index (χ0) is 15.3. The van der Waals surface area contributed by atoms with Gasteiger partial charge in [0.2, 0.25) is 0 Å². The molecule has 0 aliphatic carbocycles. The molecule has 0 atom stereocenters. The fraction of sp³-hybridized carbons (Fsp3) is 0.308. The fourth-order valence-electron chi connectivity index (χ4n) is 1.75. The van der Waals surface area contributed by atoms with Gasteiger partial charge < -0.3 is 15.8 Å². The molecule has 6 nitrogen and oxygen atoms in total. The summed E-state index contributed by atoms with van der Waals surface area (Å²) >= 11 is 1.05. The number of hydrogen-bond donors (Lipinski definition) is 2. The Morgan fingerprint density at radius 3 is 2.71 bits per heavy atom. The average molecular weight is 327 g/mol. The van der Waals surface area contributed by atoms with Crippen molar-refractivity contribution < 1.29 is 13.2 Å². The van der Waals surface area contributed by atoms with Crippen molar-refractivity contribution in [3.05, 3.63) is 30.3 Å². The second-order valence-electron chi connectivity index (χ2n) is 4.44. The van der Waals surface area contributed by atoms with Gasteiger partial charge in [-0.05, 0) is 30.1 Å². The Morgan fingerprint density at radius 2 is 2.05 bits per heavy atom. The predicted molar refractivity (Wildman–Crippen MR) is 84.7 cm³/mol. The molecule has 2 rings (SSSR count). The van der Waals surface area contributed by atoms with Crippen LogP contribution in [0.3, 0.4) is 0 Å². The largest absolute Gasteiger partial charge is 0.494 e. The summed E-state index contributed by atoms with van der Waals surface area (Å²) in [6.45, 7) is 1.12. The number of nitrogen functional groups attached to an aromatic ring is 1. The van der Waals surface area contributed by atoms with Crippen molar-refractivity contribution in [1.82, 2.24) is 4.37 Å². The summed E-state index contributed by atoms with van der Waals surface area (Å²) in [4.78, 5) is 0.0801. The van der Waals surface area contributed by atoms with Crippen molar-refractivity contribution in [3.63, 3.8) is 0 Å². The molecular weight excluding hydrogens is 310 g/mol. The normalized spacial score (nSPS) is 11.3. The van der Waals surface area contributed by atoms with Gasteiger partial charge in [-0.3, -0.25) is 0 Å². The van der Waals surface area contributed by atoms with Crippen molar-refractivity contribution in [1.29, 1.82) is 0 Å². The van der Waals surface area contributed by atoms with Crippen molar-refractivity contribution >= 4 is 32.2 Å². The molecule has 1 aromatic heterocycles. The number of sulfone groups is 1. The van der Waals surface area contributed by atoms with Crippen LogP contribution in [0.5, 0.6) is 5.75 Å². The Balaban J connectivity index is 1.82. The molecule has 0 amide bonds. The van der Waals surface area contributed by atoms with E-state index in [0.29, 0.717) is 18.2 Å². The van der Waals surface area contributed by atoms with E-state index in [1.807, 2.05) is 30.3 Å². The second kappa shape index (κ2) is 6.77. The third-order valence-corrected chi connectivity index (χ3v) is 4.77. The van der Waals surface area contributed by atoms with Crippen LogP contribution in [0, 0.1) is 0 Å². The number of aromatic nitrogens is 1. The summed E-state index contributed by atoms with van der Waals surface area (Å²) in [6.07, 6.45) is 1.85. The Kier molecular flexibility index (Phi) is 5.03. The van der Waals surface area contributed by atoms with E-state index in [4.69, 9.17) is 10.5 Å². The van der Waals surface area contributed by atoms with Gasteiger partial charge in [-0.25, -0.2) is 8.42 Å². The number of para-hydroxylation sites is 1. The standard InChI is InChI=1S/C13H17N3O3S2/c1-21(17,18)11-12(14)16-20-13(11)15-8-5-9-19-10-6-3-2-4-7-10/h2-4,6-7,15H,5,8-9H2,1H3,(H2,14,16). The maximum Gasteiger partial charge on any atom is 0.182 e. The summed E-state index contributed by atoms with van der Waals surface area (Å²) in [5.74, 6) is 0.863. The lowest BCUT2D eigenvalue weighted by Gasteiger charge is -2.07. The summed E-state index contributed by atoms with van der Waals surface area (Å²) in [6, 6.07) is 9.52. The molecule has 1 aromatic carbocycles. The molecule has 0 saturated carbocycles. The topological polar surface area (TPSA) is 94.3 Å². The molecule has 0 unspecified atom stereocenters. The van der Waals surface area contributed by atoms with Gasteiger partial charge in [0, 0.05) is 12.8 Å². The number of anilines is 2. The number of nitrogens with zero attached hydrogens (tertiary/aromatic N) is 1. The van der Waals surface area contributed by atoms with E-state index in [-0.39, 0.29) is 10.7 Å². The molecule has 8 heteroatoms. The molecule has 2 aromatic rings. The molecule has 0 radical (unpaired) electrons. The van der Waals surface area contributed by atoms with Crippen molar-refractivity contribution in [2.45, 2.75) is 11.3 Å². The summed E-state index contributed by atoms with van der Waals surface area (Å²) in [5.41, 5.74) is 5.59. The average Bonchev–Trinajstić information content (AvgIpc) is 2.80. The zero-order valence-electron chi connectivity index (χ0n) is 11.6. The number of nitrogens with two attached hydrogens (primary N) is 1. The SMILES string of the molecule is CS(=O)(=O)c1c(N)nsc1NCCCOc1ccccc1. The monoisotopic (exact) mass is 327 g/mol. The van der Waals surface area contributed by atoms with Crippen LogP contribution in [0.2, 0.25) is 0 Å². The molecule has 0 bridgehead atoms. The van der Waals surface area contributed by atoms with Crippen LogP contribution in [0.1, 0.15) is 6.42 Å². The van der Waals surface area contributed by atoms with E-state index in [9.17, 15) is 8.42 Å². The minimum Gasteiger partial charge on any atom is -0.494 e. The van der Waals surface area contributed by atoms with Crippen LogP contribution in [-0.2, 0) is 9.84 Å². The van der Waals surface area contributed by atoms with Crippen molar-refractivity contribution in [3.8, 4) is 5.75 Å². The molecule has 114 valence electrons. The lowest BCUT2D eigenvalue weighted by molar-refractivity contribution is 0.315. The third kappa shape index (κ3) is 4.33. The summed E-state index contributed by atoms with van der Waals surface area (Å²) in [5, 5.41) is 3.52. The van der Waals surface area contributed by atoms with Gasteiger partial charge in [-0.15, -0.1) is 0 Å². The van der Waals surface area contributed by atoms with E-state index in [1.54, 1.807) is 0 Å². The van der Waals surface area contributed by atoms with E-state index in [1.165, 1.54) is 0 Å². The number of nitrogens with one attached hydrogen (secondary N) is 1. The summed E-state index contributed by atoms with van der Waals surface area (Å²) < 4.78 is 32.7. The Morgan fingerprint density at radius 1 is 1.33 bits per heavy atom. The van der Waals surface area contributed by atoms with Gasteiger partial charge in [-0.2, -0.15) is 4.37 Å². The van der Waals surface area contributed by atoms with E-state index in [0.717, 1.165) is 30.0 Å². The first kappa shape index (κ1) is 15.6. The molecule has 0 saturated heterocycles. The fourth-order valence-corrected chi connectivity index (χ4v) is 3.84. The zero-order valence-corrected chi connectivity index (χ0v) is 13.2. The van der Waals surface area contributed by atoms with Gasteiger partial charge >= 0.3 is 0 Å². The van der Waals surface area contributed by atoms with Crippen molar-refractivity contribution in [2.24, 2.45) is 0 Å². The Bertz CT molecular complexity index is 684. The molecule has 0 aliphatic heterocycles. The van der Waals surface area contributed by atoms with E-state index in [2.05, 4.69) is 9.69 Å². The van der Waals surface area contributed by atoms with Crippen LogP contribution in [0.4, 0.5) is 10.8 Å². The maximum absolute atomic E-state index is 11.6. The van der Waals surface area contributed by atoms with Crippen LogP contribution in [-0.4, -0.2) is 32.2 Å². The molecule has 0 spiro atoms. The van der Waals surface area contributed by atoms with Gasteiger partial charge in [-0.1, -0.05) is 18.2 Å². The highest BCUT2D eigenvalue weighted by atomic mass is 32.2. The number of rotatable bonds is 7. The van der Waals surface area contributed by atoms with E-state index < -0.39 is 9.84 Å². The smallest absolute Gasteiger partial charge is 0.182 e. The van der Waals surface area contributed by atoms with Crippen molar-refractivity contribution in [2.75, 3.05) is 30.5 Å². The highest BCUT2D eigenvalue weighted by molar-refractivity contribution is 7.91. The van der Waals surface area contributed by atoms with Gasteiger partial charge in [0.1, 0.15) is 15.6 Å². The highest BCUT2D eigenvalue weighted by Crippen LogP contribution is 2.31. The molecule has 21 heavy (non-hydrogen) atoms. The first-order valence-corrected chi connectivity index (χ1v) is 9.02. The van der Waals surface area contributed by atoms with Crippen LogP contribution in [0.25, 0.3) is 0 Å². The first-order valence-electron chi connectivity index (χ1n) is 6.35. The lowest BCUT2D eigenvalue weighted by atomic mass is 10.3. The predicted octanol–water partition coefficient (Wildman–Crippen LogP) is 2.01. The van der Waals surface area contributed by atoms with Crippen LogP contribution >= 0.6 is 11.5 Å². The third-order valence-electron chi connectivity index (χ3n) is 2.66. The minimum atomic E-state index is -3.38. The minimum absolute atomic E-state index is 0.0468. The molecule has 1 heterocycles. The highest BCUT2D eigenvalue weighted by Gasteiger charge is 2.20. The van der Waals surface area contributed by atoms with Crippen LogP contribution in [0.15, 0.2) is 35.2 Å². The quantitative estimate of drug-likeness (QED) is 0.756. The van der Waals surface area contributed by atoms with Crippen LogP contribution < -0.4 is 15.8 Å². The number of benzene rings is 1. The Hall–Kier alpha value is -1.80. The van der Waals surface area contributed by atoms with Gasteiger partial charge in [0.05, 0.1) is 6.61 Å². The first-order chi connectivity index (χ1) is 9.98. The maximum atomic E-state index is 11.6. The van der Waals surface area contributed by atoms with Gasteiger partial charge in [0.25, 0.3) is 0 Å². The number of ether oxygens (including phenoxy) is 1. The molecule has 0 fully saturated rings. The summed E-state index contributed by atoms with van der Waals surface area (Å²) in [7, 11) is -3.38. The molecule has 0 aliphatic rings. The second-order valence-corrected chi connectivity index (χ2v) is 7.17. The Labute approximate surface area is 128 Å². The molecule has 3 N–H and O–H groups in total. The lowest BCUT2D eigenvalue weighted by Crippen LogP contribution is -2.09. The van der Waals surface area contributed by atoms with Gasteiger partial charge in [0.15, 0.2) is 15.7 Å². The van der Waals surface area contributed by atoms with E-state index >= 15 is 0 Å².